The molecule has 2 N–H and O–H groups in total. The van der Waals surface area contributed by atoms with Crippen molar-refractivity contribution in [1.29, 1.82) is 0 Å². The quantitative estimate of drug-likeness (QED) is 0.274. The van der Waals surface area contributed by atoms with Crippen LogP contribution in [0.15, 0.2) is 22.7 Å². The summed E-state index contributed by atoms with van der Waals surface area (Å²) in [4.78, 5) is 10.4. The van der Waals surface area contributed by atoms with Gasteiger partial charge in [-0.3, -0.25) is 14.7 Å². The van der Waals surface area contributed by atoms with Crippen molar-refractivity contribution in [2.24, 2.45) is 5.50 Å². The van der Waals surface area contributed by atoms with Crippen LogP contribution in [0.1, 0.15) is 5.69 Å². The Kier molecular flexibility index (Phi) is 7.18. The van der Waals surface area contributed by atoms with Crippen molar-refractivity contribution in [2.75, 3.05) is 31.5 Å². The van der Waals surface area contributed by atoms with Crippen LogP contribution in [-0.2, 0) is 15.5 Å². The Bertz CT molecular complexity index is 781. The molecule has 0 aliphatic rings. The number of aromatic nitrogens is 1. The van der Waals surface area contributed by atoms with E-state index in [1.165, 1.54) is 22.9 Å². The molecule has 1 unspecified atom stereocenters. The Morgan fingerprint density at radius 3 is 2.64 bits per heavy atom. The first-order valence-corrected chi connectivity index (χ1v) is 10.0. The monoisotopic (exact) mass is 410 g/mol. The second kappa shape index (κ2) is 8.93. The van der Waals surface area contributed by atoms with Gasteiger partial charge in [0.05, 0.1) is 22.6 Å². The van der Waals surface area contributed by atoms with E-state index in [0.29, 0.717) is 16.7 Å². The van der Waals surface area contributed by atoms with Crippen LogP contribution < -0.4 is 5.50 Å². The van der Waals surface area contributed by atoms with Gasteiger partial charge in [-0.1, -0.05) is 5.16 Å². The summed E-state index contributed by atoms with van der Waals surface area (Å²) >= 11 is 11.3. The first-order valence-electron chi connectivity index (χ1n) is 7.32. The van der Waals surface area contributed by atoms with Crippen molar-refractivity contribution in [3.8, 4) is 0 Å². The minimum Gasteiger partial charge on any atom is -0.356 e. The molecule has 0 aliphatic heterocycles. The van der Waals surface area contributed by atoms with Gasteiger partial charge in [0.25, 0.3) is 5.69 Å². The van der Waals surface area contributed by atoms with Gasteiger partial charge in [-0.15, -0.1) is 23.2 Å². The Labute approximate surface area is 153 Å². The number of halogens is 2. The van der Waals surface area contributed by atoms with E-state index in [0.717, 1.165) is 0 Å². The smallest absolute Gasteiger partial charge is 0.340 e. The molecule has 12 heteroatoms. The molecule has 0 fully saturated rings. The first kappa shape index (κ1) is 20.1. The van der Waals surface area contributed by atoms with Crippen LogP contribution in [0.2, 0.25) is 0 Å². The molecule has 1 aromatic heterocycles. The summed E-state index contributed by atoms with van der Waals surface area (Å²) in [7, 11) is -3.54. The molecule has 0 aliphatic carbocycles. The summed E-state index contributed by atoms with van der Waals surface area (Å²) in [5.74, 6) is 0.470. The van der Waals surface area contributed by atoms with Gasteiger partial charge in [0, 0.05) is 43.4 Å². The highest BCUT2D eigenvalue weighted by Crippen LogP contribution is 2.42. The van der Waals surface area contributed by atoms with Crippen LogP contribution in [0.4, 0.5) is 5.69 Å². The fourth-order valence-corrected chi connectivity index (χ4v) is 4.13. The van der Waals surface area contributed by atoms with Gasteiger partial charge in [0.2, 0.25) is 0 Å². The van der Waals surface area contributed by atoms with Crippen LogP contribution in [0.3, 0.4) is 0 Å². The molecule has 2 aromatic rings. The molecule has 25 heavy (non-hydrogen) atoms. The molecule has 9 nitrogen and oxygen atoms in total. The molecule has 0 amide bonds. The third-order valence-corrected chi connectivity index (χ3v) is 5.51. The lowest BCUT2D eigenvalue weighted by Gasteiger charge is -2.26. The minimum absolute atomic E-state index is 0.000819. The summed E-state index contributed by atoms with van der Waals surface area (Å²) in [5, 5.41) is 15.2. The van der Waals surface area contributed by atoms with Crippen molar-refractivity contribution in [1.82, 2.24) is 9.83 Å². The molecule has 0 saturated carbocycles. The molecule has 0 spiro atoms. The predicted molar refractivity (Wildman–Crippen MR) is 95.1 cm³/mol. The van der Waals surface area contributed by atoms with E-state index in [1.807, 2.05) is 0 Å². The fraction of sp³-hybridized carbons (Fsp3) is 0.462. The average Bonchev–Trinajstić information content (AvgIpc) is 2.97. The predicted octanol–water partition coefficient (Wildman–Crippen LogP) is 3.14. The van der Waals surface area contributed by atoms with E-state index < -0.39 is 12.6 Å². The van der Waals surface area contributed by atoms with Crippen LogP contribution in [0.5, 0.6) is 0 Å². The van der Waals surface area contributed by atoms with Crippen molar-refractivity contribution in [3.05, 3.63) is 34.0 Å². The number of hydrogen-bond donors (Lipinski definition) is 1. The summed E-state index contributed by atoms with van der Waals surface area (Å²) in [5.41, 5.74) is 6.56. The number of nitro benzene ring substituents is 1. The minimum atomic E-state index is -3.54. The van der Waals surface area contributed by atoms with Crippen LogP contribution in [-0.4, -0.2) is 46.2 Å². The summed E-state index contributed by atoms with van der Waals surface area (Å²) in [6.07, 6.45) is 0.227. The number of benzene rings is 1. The molecular weight excluding hydrogens is 394 g/mol. The number of non-ortho nitro benzene ring substituents is 1. The zero-order valence-electron chi connectivity index (χ0n) is 13.1. The maximum Gasteiger partial charge on any atom is 0.340 e. The summed E-state index contributed by atoms with van der Waals surface area (Å²) in [6, 6.07) is 4.18. The fourth-order valence-electron chi connectivity index (χ4n) is 2.21. The maximum absolute atomic E-state index is 12.5. The van der Waals surface area contributed by atoms with Gasteiger partial charge in [-0.05, 0) is 6.07 Å². The third kappa shape index (κ3) is 5.13. The molecule has 138 valence electrons. The summed E-state index contributed by atoms with van der Waals surface area (Å²) < 4.78 is 24.3. The normalized spacial score (nSPS) is 14.1. The number of fused-ring (bicyclic) bond motifs is 1. The number of nitrogens with two attached hydrogens (primary N) is 1. The van der Waals surface area contributed by atoms with E-state index >= 15 is 0 Å². The maximum atomic E-state index is 12.5. The van der Waals surface area contributed by atoms with Crippen LogP contribution in [0, 0.1) is 10.1 Å². The van der Waals surface area contributed by atoms with E-state index in [2.05, 4.69) is 5.16 Å². The zero-order valence-corrected chi connectivity index (χ0v) is 15.5. The number of alkyl halides is 2. The molecule has 1 atom stereocenters. The van der Waals surface area contributed by atoms with E-state index in [-0.39, 0.29) is 43.6 Å². The van der Waals surface area contributed by atoms with Crippen molar-refractivity contribution >= 4 is 47.5 Å². The Morgan fingerprint density at radius 1 is 1.36 bits per heavy atom. The topological polar surface area (TPSA) is 125 Å². The lowest BCUT2D eigenvalue weighted by Crippen LogP contribution is -2.30. The highest BCUT2D eigenvalue weighted by Gasteiger charge is 2.26. The van der Waals surface area contributed by atoms with E-state index in [4.69, 9.17) is 37.8 Å². The largest absolute Gasteiger partial charge is 0.356 e. The van der Waals surface area contributed by atoms with E-state index in [1.54, 1.807) is 0 Å². The SMILES string of the molecule is NP(=O)(OCCc1noc2ccc([N+](=O)[O-])cc12)N(CCCl)CCCl. The van der Waals surface area contributed by atoms with E-state index in [9.17, 15) is 14.7 Å². The summed E-state index contributed by atoms with van der Waals surface area (Å²) in [6.45, 7) is 0.557. The standard InChI is InChI=1S/C13H17Cl2N4O5P/c14-4-6-18(7-5-15)25(16,22)23-8-3-12-11-9-10(19(20)21)1-2-13(11)24-17-12/h1-2,9H,3-8H2,(H2,16,22). The van der Waals surface area contributed by atoms with Gasteiger partial charge in [0.15, 0.2) is 5.58 Å². The highest BCUT2D eigenvalue weighted by atomic mass is 35.5. The van der Waals surface area contributed by atoms with Crippen LogP contribution >= 0.6 is 30.9 Å². The molecule has 0 saturated heterocycles. The number of nitrogens with zero attached hydrogens (tertiary/aromatic N) is 3. The molecule has 1 aromatic carbocycles. The van der Waals surface area contributed by atoms with Gasteiger partial charge in [0.1, 0.15) is 0 Å². The second-order valence-corrected chi connectivity index (χ2v) is 7.75. The number of rotatable bonds is 10. The van der Waals surface area contributed by atoms with Gasteiger partial charge in [-0.2, -0.15) is 0 Å². The molecule has 2 rings (SSSR count). The molecule has 0 bridgehead atoms. The van der Waals surface area contributed by atoms with Crippen molar-refractivity contribution in [3.63, 3.8) is 0 Å². The van der Waals surface area contributed by atoms with Crippen molar-refractivity contribution in [2.45, 2.75) is 6.42 Å². The number of hydrogen-bond acceptors (Lipinski definition) is 6. The van der Waals surface area contributed by atoms with Crippen molar-refractivity contribution < 1.29 is 18.5 Å². The second-order valence-electron chi connectivity index (χ2n) is 5.05. The van der Waals surface area contributed by atoms with Gasteiger partial charge >= 0.3 is 7.67 Å². The average molecular weight is 411 g/mol. The Balaban J connectivity index is 2.05. The highest BCUT2D eigenvalue weighted by molar-refractivity contribution is 7.53. The van der Waals surface area contributed by atoms with Gasteiger partial charge < -0.3 is 9.05 Å². The zero-order chi connectivity index (χ0) is 18.4. The third-order valence-electron chi connectivity index (χ3n) is 3.43. The van der Waals surface area contributed by atoms with Gasteiger partial charge in [-0.25, -0.2) is 10.2 Å². The first-order chi connectivity index (χ1) is 11.9. The molecule has 1 heterocycles. The lowest BCUT2D eigenvalue weighted by molar-refractivity contribution is -0.384. The number of nitro groups is 1. The Morgan fingerprint density at radius 2 is 2.04 bits per heavy atom. The lowest BCUT2D eigenvalue weighted by atomic mass is 10.1. The van der Waals surface area contributed by atoms with Crippen LogP contribution in [0.25, 0.3) is 11.0 Å². The molecule has 0 radical (unpaired) electrons. The molecular formula is C13H17Cl2N4O5P. The Hall–Kier alpha value is -1.22.